The van der Waals surface area contributed by atoms with Crippen LogP contribution >= 0.6 is 15.6 Å². The van der Waals surface area contributed by atoms with Crippen LogP contribution in [0.15, 0.2) is 24.3 Å². The SMILES string of the molecule is CCCCCCCCCCCCCCCCC(c1cc(C(C)(C)C)c(O)cc1C)c1cc(C(C)(C)C)c(O)cc1C.O=P(O)(O)OP(=O)(O)O. The van der Waals surface area contributed by atoms with Crippen LogP contribution in [0.25, 0.3) is 0 Å². The van der Waals surface area contributed by atoms with Crippen molar-refractivity contribution in [1.82, 2.24) is 0 Å². The molecule has 0 unspecified atom stereocenters. The van der Waals surface area contributed by atoms with Crippen molar-refractivity contribution in [3.05, 3.63) is 57.6 Å². The molecule has 0 aromatic heterocycles. The summed E-state index contributed by atoms with van der Waals surface area (Å²) in [6.45, 7) is 19.6. The average molecular weight is 743 g/mol. The van der Waals surface area contributed by atoms with Crippen molar-refractivity contribution in [3.63, 3.8) is 0 Å². The summed E-state index contributed by atoms with van der Waals surface area (Å²) in [6.07, 6.45) is 20.2. The maximum Gasteiger partial charge on any atom is 0.478 e. The van der Waals surface area contributed by atoms with Crippen LogP contribution in [0, 0.1) is 13.8 Å². The van der Waals surface area contributed by atoms with Gasteiger partial charge in [0.05, 0.1) is 0 Å². The van der Waals surface area contributed by atoms with Gasteiger partial charge in [-0.2, -0.15) is 4.31 Å². The van der Waals surface area contributed by atoms with Gasteiger partial charge in [-0.1, -0.05) is 150 Å². The number of hydrogen-bond donors (Lipinski definition) is 6. The van der Waals surface area contributed by atoms with Crippen LogP contribution in [0.4, 0.5) is 0 Å². The fraction of sp³-hybridized carbons (Fsp3) is 0.692. The Labute approximate surface area is 302 Å². The van der Waals surface area contributed by atoms with Gasteiger partial charge in [-0.05, 0) is 76.6 Å². The van der Waals surface area contributed by atoms with E-state index in [0.29, 0.717) is 11.5 Å². The summed E-state index contributed by atoms with van der Waals surface area (Å²) in [6, 6.07) is 8.47. The van der Waals surface area contributed by atoms with Gasteiger partial charge in [0.25, 0.3) is 0 Å². The zero-order chi connectivity index (χ0) is 38.3. The number of unbranched alkanes of at least 4 members (excludes halogenated alkanes) is 13. The fourth-order valence-electron chi connectivity index (χ4n) is 6.53. The van der Waals surface area contributed by atoms with Gasteiger partial charge in [-0.3, -0.25) is 0 Å². The molecule has 0 spiro atoms. The quantitative estimate of drug-likeness (QED) is 0.0607. The number of benzene rings is 2. The number of phenols is 2. The molecule has 11 heteroatoms. The molecule has 2 aromatic carbocycles. The van der Waals surface area contributed by atoms with Crippen LogP contribution in [0.5, 0.6) is 11.5 Å². The summed E-state index contributed by atoms with van der Waals surface area (Å²) in [5.41, 5.74) is 6.69. The molecule has 0 heterocycles. The summed E-state index contributed by atoms with van der Waals surface area (Å²) < 4.78 is 22.2. The molecule has 0 saturated heterocycles. The Hall–Kier alpha value is -1.70. The Bertz CT molecular complexity index is 1310. The summed E-state index contributed by atoms with van der Waals surface area (Å²) in [7, 11) is -10.1. The highest BCUT2D eigenvalue weighted by Crippen LogP contribution is 2.53. The number of phosphoric acid groups is 2. The number of rotatable bonds is 19. The third-order valence-electron chi connectivity index (χ3n) is 9.19. The van der Waals surface area contributed by atoms with Gasteiger partial charge in [0.1, 0.15) is 11.5 Å². The fourth-order valence-corrected chi connectivity index (χ4v) is 7.64. The second kappa shape index (κ2) is 21.1. The Morgan fingerprint density at radius 2 is 0.860 bits per heavy atom. The first-order valence-electron chi connectivity index (χ1n) is 18.5. The van der Waals surface area contributed by atoms with Gasteiger partial charge in [-0.15, -0.1) is 0 Å². The second-order valence-electron chi connectivity index (χ2n) is 16.0. The Balaban J connectivity index is 0.00000122. The minimum atomic E-state index is -5.05. The van der Waals surface area contributed by atoms with Gasteiger partial charge in [0.2, 0.25) is 0 Å². The van der Waals surface area contributed by atoms with Crippen LogP contribution in [-0.4, -0.2) is 29.8 Å². The average Bonchev–Trinajstić information content (AvgIpc) is 2.93. The molecule has 50 heavy (non-hydrogen) atoms. The highest BCUT2D eigenvalue weighted by Gasteiger charge is 2.28. The molecule has 0 aliphatic carbocycles. The third-order valence-corrected chi connectivity index (χ3v) is 10.9. The predicted molar refractivity (Wildman–Crippen MR) is 205 cm³/mol. The lowest BCUT2D eigenvalue weighted by Gasteiger charge is -2.29. The van der Waals surface area contributed by atoms with Gasteiger partial charge in [-0.25, -0.2) is 9.13 Å². The van der Waals surface area contributed by atoms with Gasteiger partial charge >= 0.3 is 15.6 Å². The lowest BCUT2D eigenvalue weighted by atomic mass is 9.76. The number of phenolic OH excluding ortho intramolecular Hbond substituents is 2. The minimum absolute atomic E-state index is 0.132. The van der Waals surface area contributed by atoms with Crippen LogP contribution in [0.1, 0.15) is 184 Å². The van der Waals surface area contributed by atoms with E-state index in [-0.39, 0.29) is 16.7 Å². The molecule has 0 bridgehead atoms. The van der Waals surface area contributed by atoms with Crippen molar-refractivity contribution < 1.29 is 43.2 Å². The number of aryl methyl sites for hydroxylation is 2. The maximum atomic E-state index is 10.8. The first-order chi connectivity index (χ1) is 23.0. The van der Waals surface area contributed by atoms with Crippen molar-refractivity contribution >= 4 is 15.6 Å². The molecule has 0 atom stereocenters. The van der Waals surface area contributed by atoms with Gasteiger partial charge < -0.3 is 29.8 Å². The Morgan fingerprint density at radius 1 is 0.560 bits per heavy atom. The Morgan fingerprint density at radius 3 is 1.12 bits per heavy atom. The van der Waals surface area contributed by atoms with E-state index in [9.17, 15) is 19.3 Å². The Kier molecular flexibility index (Phi) is 19.6. The lowest BCUT2D eigenvalue weighted by molar-refractivity contribution is 0.225. The van der Waals surface area contributed by atoms with E-state index in [4.69, 9.17) is 19.6 Å². The molecule has 6 N–H and O–H groups in total. The second-order valence-corrected chi connectivity index (χ2v) is 18.6. The van der Waals surface area contributed by atoms with Crippen LogP contribution < -0.4 is 0 Å². The van der Waals surface area contributed by atoms with Crippen molar-refractivity contribution in [3.8, 4) is 11.5 Å². The first kappa shape index (κ1) is 46.3. The molecule has 0 saturated carbocycles. The van der Waals surface area contributed by atoms with Gasteiger partial charge in [0.15, 0.2) is 0 Å². The standard InChI is InChI=1S/C39H64O2.H4O7P2/c1-10-11-12-13-14-15-16-17-18-19-20-21-22-23-24-31(32-27-34(38(4,5)6)36(40)25-29(32)2)33-28-35(39(7,8)9)37(41)26-30(33)3;1-8(2,3)7-9(4,5)6/h25-28,31,40-41H,10-24H2,1-9H3;(H2,1,2,3)(H2,4,5,6). The van der Waals surface area contributed by atoms with E-state index in [1.807, 2.05) is 12.1 Å². The summed E-state index contributed by atoms with van der Waals surface area (Å²) in [5, 5.41) is 21.6. The molecule has 0 aliphatic rings. The molecular weight excluding hydrogens is 674 g/mol. The molecule has 9 nitrogen and oxygen atoms in total. The van der Waals surface area contributed by atoms with E-state index < -0.39 is 15.6 Å². The zero-order valence-electron chi connectivity index (χ0n) is 32.3. The van der Waals surface area contributed by atoms with Crippen molar-refractivity contribution in [1.29, 1.82) is 0 Å². The summed E-state index contributed by atoms with van der Waals surface area (Å²) >= 11 is 0. The monoisotopic (exact) mass is 742 g/mol. The molecule has 0 aliphatic heterocycles. The van der Waals surface area contributed by atoms with Crippen LogP contribution in [0.2, 0.25) is 0 Å². The topological polar surface area (TPSA) is 165 Å². The maximum absolute atomic E-state index is 10.8. The number of hydrogen-bond acceptors (Lipinski definition) is 5. The molecule has 0 amide bonds. The predicted octanol–water partition coefficient (Wildman–Crippen LogP) is 11.5. The van der Waals surface area contributed by atoms with Crippen molar-refractivity contribution in [2.24, 2.45) is 0 Å². The van der Waals surface area contributed by atoms with Crippen LogP contribution in [0.3, 0.4) is 0 Å². The first-order valence-corrected chi connectivity index (χ1v) is 21.5. The number of aromatic hydroxyl groups is 2. The normalized spacial score (nSPS) is 12.7. The highest BCUT2D eigenvalue weighted by atomic mass is 31.3. The highest BCUT2D eigenvalue weighted by molar-refractivity contribution is 7.60. The molecule has 288 valence electrons. The van der Waals surface area contributed by atoms with Crippen molar-refractivity contribution in [2.45, 2.75) is 175 Å². The molecular formula is C39H68O9P2. The smallest absolute Gasteiger partial charge is 0.478 e. The van der Waals surface area contributed by atoms with Crippen molar-refractivity contribution in [2.75, 3.05) is 0 Å². The zero-order valence-corrected chi connectivity index (χ0v) is 34.1. The molecule has 2 rings (SSSR count). The minimum Gasteiger partial charge on any atom is -0.508 e. The summed E-state index contributed by atoms with van der Waals surface area (Å²) in [4.78, 5) is 31.0. The molecule has 2 aromatic rings. The summed E-state index contributed by atoms with van der Waals surface area (Å²) in [5.74, 6) is 1.04. The van der Waals surface area contributed by atoms with E-state index in [2.05, 4.69) is 78.8 Å². The van der Waals surface area contributed by atoms with E-state index in [0.717, 1.165) is 28.7 Å². The molecule has 0 fully saturated rings. The lowest BCUT2D eigenvalue weighted by Crippen LogP contribution is -2.16. The van der Waals surface area contributed by atoms with E-state index in [1.165, 1.54) is 101 Å². The van der Waals surface area contributed by atoms with Crippen LogP contribution in [-0.2, 0) is 24.3 Å². The van der Waals surface area contributed by atoms with E-state index in [1.54, 1.807) is 0 Å². The van der Waals surface area contributed by atoms with Gasteiger partial charge in [0, 0.05) is 5.92 Å². The molecule has 0 radical (unpaired) electrons. The largest absolute Gasteiger partial charge is 0.508 e. The third kappa shape index (κ3) is 18.2. The van der Waals surface area contributed by atoms with E-state index >= 15 is 0 Å².